The van der Waals surface area contributed by atoms with E-state index in [-0.39, 0.29) is 5.97 Å². The van der Waals surface area contributed by atoms with Gasteiger partial charge in [0.25, 0.3) is 0 Å². The number of methoxy groups -OCH3 is 1. The summed E-state index contributed by atoms with van der Waals surface area (Å²) in [6.45, 7) is 0. The van der Waals surface area contributed by atoms with Crippen LogP contribution in [0.2, 0.25) is 0 Å². The van der Waals surface area contributed by atoms with Gasteiger partial charge in [0.05, 0.1) is 12.7 Å². The smallest absolute Gasteiger partial charge is 0.339 e. The van der Waals surface area contributed by atoms with Crippen LogP contribution in [0.3, 0.4) is 0 Å². The third kappa shape index (κ3) is 2.49. The molecule has 0 unspecified atom stereocenters. The molecule has 0 atom stereocenters. The van der Waals surface area contributed by atoms with E-state index in [0.717, 1.165) is 14.7 Å². The van der Waals surface area contributed by atoms with Crippen LogP contribution in [0.5, 0.6) is 0 Å². The SMILES string of the molecule is COC(=O)c1c(I)cccc1-c1ccccc1. The van der Waals surface area contributed by atoms with Gasteiger partial charge in [-0.15, -0.1) is 0 Å². The van der Waals surface area contributed by atoms with Crippen molar-refractivity contribution < 1.29 is 9.53 Å². The normalized spacial score (nSPS) is 10.0. The second kappa shape index (κ2) is 5.31. The Morgan fingerprint density at radius 2 is 1.76 bits per heavy atom. The Balaban J connectivity index is 2.62. The number of ether oxygens (including phenoxy) is 1. The Morgan fingerprint density at radius 3 is 2.41 bits per heavy atom. The highest BCUT2D eigenvalue weighted by Crippen LogP contribution is 2.27. The van der Waals surface area contributed by atoms with Crippen molar-refractivity contribution in [1.29, 1.82) is 0 Å². The molecule has 0 heterocycles. The van der Waals surface area contributed by atoms with E-state index in [4.69, 9.17) is 4.74 Å². The second-order valence-corrected chi connectivity index (χ2v) is 4.68. The number of carbonyl (C=O) groups is 1. The molecular formula is C14H11IO2. The van der Waals surface area contributed by atoms with Crippen LogP contribution in [0, 0.1) is 3.57 Å². The van der Waals surface area contributed by atoms with Crippen LogP contribution in [-0.2, 0) is 4.74 Å². The average Bonchev–Trinajstić information content (AvgIpc) is 2.38. The van der Waals surface area contributed by atoms with Gasteiger partial charge in [0.15, 0.2) is 0 Å². The summed E-state index contributed by atoms with van der Waals surface area (Å²) in [6.07, 6.45) is 0. The summed E-state index contributed by atoms with van der Waals surface area (Å²) >= 11 is 2.15. The van der Waals surface area contributed by atoms with E-state index in [0.29, 0.717) is 5.56 Å². The van der Waals surface area contributed by atoms with Gasteiger partial charge >= 0.3 is 5.97 Å². The molecule has 0 aromatic heterocycles. The van der Waals surface area contributed by atoms with Crippen molar-refractivity contribution in [3.8, 4) is 11.1 Å². The molecule has 3 heteroatoms. The number of hydrogen-bond donors (Lipinski definition) is 0. The van der Waals surface area contributed by atoms with Gasteiger partial charge in [-0.3, -0.25) is 0 Å². The maximum absolute atomic E-state index is 11.8. The van der Waals surface area contributed by atoms with E-state index in [1.807, 2.05) is 48.5 Å². The van der Waals surface area contributed by atoms with Crippen molar-refractivity contribution in [3.05, 3.63) is 57.7 Å². The molecule has 2 aromatic rings. The van der Waals surface area contributed by atoms with Gasteiger partial charge in [0, 0.05) is 3.57 Å². The highest BCUT2D eigenvalue weighted by Gasteiger charge is 2.16. The quantitative estimate of drug-likeness (QED) is 0.616. The first kappa shape index (κ1) is 12.1. The molecular weight excluding hydrogens is 327 g/mol. The highest BCUT2D eigenvalue weighted by atomic mass is 127. The molecule has 0 amide bonds. The van der Waals surface area contributed by atoms with Crippen LogP contribution in [-0.4, -0.2) is 13.1 Å². The van der Waals surface area contributed by atoms with E-state index in [1.54, 1.807) is 0 Å². The van der Waals surface area contributed by atoms with Crippen molar-refractivity contribution in [3.63, 3.8) is 0 Å². The lowest BCUT2D eigenvalue weighted by Crippen LogP contribution is -2.06. The zero-order chi connectivity index (χ0) is 12.3. The molecule has 0 aliphatic heterocycles. The van der Waals surface area contributed by atoms with Gasteiger partial charge in [-0.05, 0) is 39.8 Å². The van der Waals surface area contributed by atoms with Gasteiger partial charge in [-0.2, -0.15) is 0 Å². The summed E-state index contributed by atoms with van der Waals surface area (Å²) in [5.41, 5.74) is 2.55. The minimum absolute atomic E-state index is 0.297. The summed E-state index contributed by atoms with van der Waals surface area (Å²) in [7, 11) is 1.40. The number of hydrogen-bond acceptors (Lipinski definition) is 2. The summed E-state index contributed by atoms with van der Waals surface area (Å²) in [6, 6.07) is 15.6. The van der Waals surface area contributed by atoms with E-state index >= 15 is 0 Å². The number of carbonyl (C=O) groups excluding carboxylic acids is 1. The molecule has 0 aliphatic rings. The van der Waals surface area contributed by atoms with Gasteiger partial charge in [0.2, 0.25) is 0 Å². The predicted molar refractivity (Wildman–Crippen MR) is 75.9 cm³/mol. The summed E-state index contributed by atoms with van der Waals surface area (Å²) in [4.78, 5) is 11.8. The molecule has 0 saturated carbocycles. The van der Waals surface area contributed by atoms with Crippen molar-refractivity contribution >= 4 is 28.6 Å². The van der Waals surface area contributed by atoms with Crippen molar-refractivity contribution in [2.24, 2.45) is 0 Å². The monoisotopic (exact) mass is 338 g/mol. The zero-order valence-electron chi connectivity index (χ0n) is 9.31. The molecule has 0 radical (unpaired) electrons. The Morgan fingerprint density at radius 1 is 1.06 bits per heavy atom. The molecule has 0 spiro atoms. The van der Waals surface area contributed by atoms with Crippen molar-refractivity contribution in [2.45, 2.75) is 0 Å². The third-order valence-electron chi connectivity index (χ3n) is 2.49. The number of benzene rings is 2. The van der Waals surface area contributed by atoms with E-state index in [2.05, 4.69) is 22.6 Å². The van der Waals surface area contributed by atoms with Crippen molar-refractivity contribution in [1.82, 2.24) is 0 Å². The predicted octanol–water partition coefficient (Wildman–Crippen LogP) is 3.74. The summed E-state index contributed by atoms with van der Waals surface area (Å²) < 4.78 is 5.73. The summed E-state index contributed by atoms with van der Waals surface area (Å²) in [5, 5.41) is 0. The molecule has 17 heavy (non-hydrogen) atoms. The first-order valence-electron chi connectivity index (χ1n) is 5.16. The summed E-state index contributed by atoms with van der Waals surface area (Å²) in [5.74, 6) is -0.297. The van der Waals surface area contributed by atoms with Crippen LogP contribution < -0.4 is 0 Å². The first-order valence-corrected chi connectivity index (χ1v) is 6.24. The molecule has 2 rings (SSSR count). The molecule has 0 fully saturated rings. The van der Waals surface area contributed by atoms with Crippen LogP contribution in [0.4, 0.5) is 0 Å². The lowest BCUT2D eigenvalue weighted by Gasteiger charge is -2.09. The Hall–Kier alpha value is -1.36. The van der Waals surface area contributed by atoms with Crippen LogP contribution in [0.25, 0.3) is 11.1 Å². The van der Waals surface area contributed by atoms with Gasteiger partial charge in [-0.25, -0.2) is 4.79 Å². The topological polar surface area (TPSA) is 26.3 Å². The number of rotatable bonds is 2. The van der Waals surface area contributed by atoms with Gasteiger partial charge in [0.1, 0.15) is 0 Å². The third-order valence-corrected chi connectivity index (χ3v) is 3.39. The van der Waals surface area contributed by atoms with Crippen molar-refractivity contribution in [2.75, 3.05) is 7.11 Å². The number of halogens is 1. The highest BCUT2D eigenvalue weighted by molar-refractivity contribution is 14.1. The van der Waals surface area contributed by atoms with Gasteiger partial charge in [-0.1, -0.05) is 42.5 Å². The zero-order valence-corrected chi connectivity index (χ0v) is 11.5. The minimum atomic E-state index is -0.297. The molecule has 0 aliphatic carbocycles. The Bertz CT molecular complexity index is 535. The fourth-order valence-corrected chi connectivity index (χ4v) is 2.41. The molecule has 0 N–H and O–H groups in total. The van der Waals surface area contributed by atoms with E-state index in [9.17, 15) is 4.79 Å². The fraction of sp³-hybridized carbons (Fsp3) is 0.0714. The molecule has 0 saturated heterocycles. The van der Waals surface area contributed by atoms with E-state index in [1.165, 1.54) is 7.11 Å². The average molecular weight is 338 g/mol. The Labute approximate surface area is 114 Å². The molecule has 2 nitrogen and oxygen atoms in total. The molecule has 2 aromatic carbocycles. The largest absolute Gasteiger partial charge is 0.465 e. The lowest BCUT2D eigenvalue weighted by atomic mass is 10.00. The second-order valence-electron chi connectivity index (χ2n) is 3.52. The maximum atomic E-state index is 11.8. The number of esters is 1. The molecule has 0 bridgehead atoms. The Kier molecular flexibility index (Phi) is 3.78. The van der Waals surface area contributed by atoms with E-state index < -0.39 is 0 Å². The van der Waals surface area contributed by atoms with Crippen LogP contribution in [0.1, 0.15) is 10.4 Å². The fourth-order valence-electron chi connectivity index (χ4n) is 1.69. The van der Waals surface area contributed by atoms with Gasteiger partial charge < -0.3 is 4.74 Å². The maximum Gasteiger partial charge on any atom is 0.339 e. The lowest BCUT2D eigenvalue weighted by molar-refractivity contribution is 0.0600. The van der Waals surface area contributed by atoms with Crippen LogP contribution >= 0.6 is 22.6 Å². The standard InChI is InChI=1S/C14H11IO2/c1-17-14(16)13-11(8-5-9-12(13)15)10-6-3-2-4-7-10/h2-9H,1H3. The minimum Gasteiger partial charge on any atom is -0.465 e. The first-order chi connectivity index (χ1) is 8.24. The molecule has 86 valence electrons. The van der Waals surface area contributed by atoms with Crippen LogP contribution in [0.15, 0.2) is 48.5 Å².